The lowest BCUT2D eigenvalue weighted by Gasteiger charge is -2.33. The molecular weight excluding hydrogens is 316 g/mol. The van der Waals surface area contributed by atoms with Gasteiger partial charge in [-0.15, -0.1) is 0 Å². The Labute approximate surface area is 151 Å². The molecule has 1 amide bonds. The lowest BCUT2D eigenvalue weighted by Crippen LogP contribution is -2.44. The molecule has 0 bridgehead atoms. The van der Waals surface area contributed by atoms with Gasteiger partial charge in [-0.1, -0.05) is 24.6 Å². The van der Waals surface area contributed by atoms with Crippen molar-refractivity contribution in [3.05, 3.63) is 30.3 Å². The van der Waals surface area contributed by atoms with E-state index in [0.717, 1.165) is 18.8 Å². The minimum atomic E-state index is -0.253. The molecule has 1 heterocycles. The van der Waals surface area contributed by atoms with Crippen molar-refractivity contribution in [1.82, 2.24) is 9.80 Å². The quantitative estimate of drug-likeness (QED) is 0.717. The molecule has 1 saturated heterocycles. The molecule has 2 atom stereocenters. The summed E-state index contributed by atoms with van der Waals surface area (Å²) < 4.78 is 11.3. The van der Waals surface area contributed by atoms with Gasteiger partial charge >= 0.3 is 6.09 Å². The summed E-state index contributed by atoms with van der Waals surface area (Å²) >= 11 is 0. The Balaban J connectivity index is 1.73. The molecule has 5 nitrogen and oxygen atoms in total. The van der Waals surface area contributed by atoms with Crippen LogP contribution in [0.15, 0.2) is 30.3 Å². The van der Waals surface area contributed by atoms with Gasteiger partial charge in [-0.05, 0) is 52.3 Å². The van der Waals surface area contributed by atoms with Gasteiger partial charge < -0.3 is 14.4 Å². The summed E-state index contributed by atoms with van der Waals surface area (Å²) in [6.07, 6.45) is 3.53. The van der Waals surface area contributed by atoms with Crippen LogP contribution in [-0.4, -0.2) is 60.8 Å². The summed E-state index contributed by atoms with van der Waals surface area (Å²) in [4.78, 5) is 16.5. The van der Waals surface area contributed by atoms with Gasteiger partial charge in [0, 0.05) is 19.1 Å². The number of para-hydroxylation sites is 1. The van der Waals surface area contributed by atoms with Crippen molar-refractivity contribution in [3.8, 4) is 5.75 Å². The number of benzene rings is 1. The van der Waals surface area contributed by atoms with Crippen LogP contribution in [0, 0.1) is 0 Å². The Bertz CT molecular complexity index is 509. The van der Waals surface area contributed by atoms with Gasteiger partial charge in [-0.25, -0.2) is 4.79 Å². The van der Waals surface area contributed by atoms with Crippen LogP contribution in [0.1, 0.15) is 40.0 Å². The van der Waals surface area contributed by atoms with Crippen LogP contribution in [0.2, 0.25) is 0 Å². The standard InChI is InChI=1S/C20H32N2O3/c1-4-22(18(3)16-25-19-11-6-5-7-12-19)20(23)24-15-14-21-13-9-8-10-17(21)2/h5-7,11-12,17-18H,4,8-10,13-16H2,1-3H3. The fourth-order valence-corrected chi connectivity index (χ4v) is 3.27. The molecule has 5 heteroatoms. The van der Waals surface area contributed by atoms with Crippen LogP contribution in [-0.2, 0) is 4.74 Å². The van der Waals surface area contributed by atoms with Crippen LogP contribution in [0.25, 0.3) is 0 Å². The van der Waals surface area contributed by atoms with Crippen LogP contribution in [0.4, 0.5) is 4.79 Å². The van der Waals surface area contributed by atoms with Crippen molar-refractivity contribution >= 4 is 6.09 Å². The number of amides is 1. The monoisotopic (exact) mass is 348 g/mol. The minimum Gasteiger partial charge on any atom is -0.491 e. The fraction of sp³-hybridized carbons (Fsp3) is 0.650. The zero-order chi connectivity index (χ0) is 18.1. The zero-order valence-corrected chi connectivity index (χ0v) is 15.8. The topological polar surface area (TPSA) is 42.0 Å². The molecule has 0 saturated carbocycles. The first-order valence-electron chi connectivity index (χ1n) is 9.47. The first kappa shape index (κ1) is 19.6. The average molecular weight is 348 g/mol. The predicted octanol–water partition coefficient (Wildman–Crippen LogP) is 3.79. The van der Waals surface area contributed by atoms with E-state index in [2.05, 4.69) is 11.8 Å². The van der Waals surface area contributed by atoms with Crippen molar-refractivity contribution in [2.45, 2.75) is 52.1 Å². The lowest BCUT2D eigenvalue weighted by molar-refractivity contribution is 0.0614. The van der Waals surface area contributed by atoms with E-state index in [-0.39, 0.29) is 12.1 Å². The zero-order valence-electron chi connectivity index (χ0n) is 15.8. The first-order valence-corrected chi connectivity index (χ1v) is 9.47. The van der Waals surface area contributed by atoms with Crippen LogP contribution in [0.3, 0.4) is 0 Å². The van der Waals surface area contributed by atoms with E-state index in [0.29, 0.717) is 25.8 Å². The van der Waals surface area contributed by atoms with E-state index < -0.39 is 0 Å². The molecule has 1 aliphatic heterocycles. The number of hydrogen-bond acceptors (Lipinski definition) is 4. The van der Waals surface area contributed by atoms with Gasteiger partial charge in [-0.2, -0.15) is 0 Å². The predicted molar refractivity (Wildman–Crippen MR) is 100 cm³/mol. The largest absolute Gasteiger partial charge is 0.491 e. The van der Waals surface area contributed by atoms with E-state index in [9.17, 15) is 4.79 Å². The Morgan fingerprint density at radius 2 is 2.08 bits per heavy atom. The number of hydrogen-bond donors (Lipinski definition) is 0. The number of piperidine rings is 1. The molecule has 25 heavy (non-hydrogen) atoms. The summed E-state index contributed by atoms with van der Waals surface area (Å²) in [5.74, 6) is 0.817. The van der Waals surface area contributed by atoms with Gasteiger partial charge in [0.2, 0.25) is 0 Å². The minimum absolute atomic E-state index is 0.0355. The van der Waals surface area contributed by atoms with Gasteiger partial charge in [0.15, 0.2) is 0 Å². The number of likely N-dealkylation sites (tertiary alicyclic amines) is 1. The molecule has 0 N–H and O–H groups in total. The molecule has 0 aliphatic carbocycles. The molecule has 1 aliphatic rings. The van der Waals surface area contributed by atoms with Crippen LogP contribution in [0.5, 0.6) is 5.75 Å². The fourth-order valence-electron chi connectivity index (χ4n) is 3.27. The summed E-state index contributed by atoms with van der Waals surface area (Å²) in [6.45, 7) is 9.65. The number of likely N-dealkylation sites (N-methyl/N-ethyl adjacent to an activating group) is 1. The Morgan fingerprint density at radius 3 is 2.76 bits per heavy atom. The summed E-state index contributed by atoms with van der Waals surface area (Å²) in [5, 5.41) is 0. The maximum Gasteiger partial charge on any atom is 0.410 e. The van der Waals surface area contributed by atoms with Gasteiger partial charge in [-0.3, -0.25) is 4.90 Å². The van der Waals surface area contributed by atoms with E-state index in [1.54, 1.807) is 4.90 Å². The second kappa shape index (κ2) is 10.3. The molecule has 0 spiro atoms. The third-order valence-electron chi connectivity index (χ3n) is 4.89. The van der Waals surface area contributed by atoms with Crippen LogP contribution < -0.4 is 4.74 Å². The summed E-state index contributed by atoms with van der Waals surface area (Å²) in [7, 11) is 0. The SMILES string of the molecule is CCN(C(=O)OCCN1CCCCC1C)C(C)COc1ccccc1. The maximum atomic E-state index is 12.4. The summed E-state index contributed by atoms with van der Waals surface area (Å²) in [6, 6.07) is 10.2. The van der Waals surface area contributed by atoms with Crippen molar-refractivity contribution in [2.75, 3.05) is 32.8 Å². The Hall–Kier alpha value is -1.75. The van der Waals surface area contributed by atoms with E-state index in [4.69, 9.17) is 9.47 Å². The average Bonchev–Trinajstić information content (AvgIpc) is 2.63. The highest BCUT2D eigenvalue weighted by atomic mass is 16.6. The highest BCUT2D eigenvalue weighted by Crippen LogP contribution is 2.16. The van der Waals surface area contributed by atoms with E-state index >= 15 is 0 Å². The number of nitrogens with zero attached hydrogens (tertiary/aromatic N) is 2. The number of carbonyl (C=O) groups is 1. The van der Waals surface area contributed by atoms with Crippen molar-refractivity contribution in [1.29, 1.82) is 0 Å². The number of rotatable bonds is 8. The van der Waals surface area contributed by atoms with Crippen molar-refractivity contribution in [3.63, 3.8) is 0 Å². The molecule has 2 rings (SSSR count). The number of ether oxygens (including phenoxy) is 2. The van der Waals surface area contributed by atoms with Gasteiger partial charge in [0.1, 0.15) is 19.0 Å². The second-order valence-electron chi connectivity index (χ2n) is 6.75. The molecule has 140 valence electrons. The van der Waals surface area contributed by atoms with Crippen molar-refractivity contribution < 1.29 is 14.3 Å². The maximum absolute atomic E-state index is 12.4. The normalized spacial score (nSPS) is 19.2. The lowest BCUT2D eigenvalue weighted by atomic mass is 10.0. The molecule has 1 aromatic rings. The Kier molecular flexibility index (Phi) is 8.06. The first-order chi connectivity index (χ1) is 12.1. The molecule has 0 aromatic heterocycles. The second-order valence-corrected chi connectivity index (χ2v) is 6.75. The molecule has 2 unspecified atom stereocenters. The third kappa shape index (κ3) is 6.24. The Morgan fingerprint density at radius 1 is 1.32 bits per heavy atom. The molecule has 1 aromatic carbocycles. The molecule has 1 fully saturated rings. The molecule has 0 radical (unpaired) electrons. The smallest absolute Gasteiger partial charge is 0.410 e. The highest BCUT2D eigenvalue weighted by Gasteiger charge is 2.22. The van der Waals surface area contributed by atoms with Crippen molar-refractivity contribution in [2.24, 2.45) is 0 Å². The number of carbonyl (C=O) groups excluding carboxylic acids is 1. The van der Waals surface area contributed by atoms with Crippen LogP contribution >= 0.6 is 0 Å². The van der Waals surface area contributed by atoms with E-state index in [1.807, 2.05) is 44.2 Å². The molecular formula is C20H32N2O3. The van der Waals surface area contributed by atoms with Gasteiger partial charge in [0.05, 0.1) is 6.04 Å². The highest BCUT2D eigenvalue weighted by molar-refractivity contribution is 5.68. The third-order valence-corrected chi connectivity index (χ3v) is 4.89. The summed E-state index contributed by atoms with van der Waals surface area (Å²) in [5.41, 5.74) is 0. The van der Waals surface area contributed by atoms with E-state index in [1.165, 1.54) is 19.3 Å². The van der Waals surface area contributed by atoms with Gasteiger partial charge in [0.25, 0.3) is 0 Å².